The highest BCUT2D eigenvalue weighted by atomic mass is 16.2. The van der Waals surface area contributed by atoms with Crippen molar-refractivity contribution >= 4 is 12.3 Å². The summed E-state index contributed by atoms with van der Waals surface area (Å²) in [6.45, 7) is 7.43. The molecule has 5 nitrogen and oxygen atoms in total. The van der Waals surface area contributed by atoms with Crippen LogP contribution in [0.4, 0.5) is 0 Å². The van der Waals surface area contributed by atoms with Crippen molar-refractivity contribution in [2.75, 3.05) is 13.1 Å². The molecule has 0 bridgehead atoms. The molecule has 5 heteroatoms. The van der Waals surface area contributed by atoms with Crippen LogP contribution in [0.15, 0.2) is 12.3 Å². The highest BCUT2D eigenvalue weighted by molar-refractivity contribution is 5.79. The Bertz CT molecular complexity index is 265. The van der Waals surface area contributed by atoms with Crippen LogP contribution in [0.1, 0.15) is 19.8 Å². The van der Waals surface area contributed by atoms with E-state index in [1.807, 2.05) is 6.92 Å². The molecule has 0 spiro atoms. The molecule has 1 aliphatic rings. The quantitative estimate of drug-likeness (QED) is 0.508. The Morgan fingerprint density at radius 1 is 1.60 bits per heavy atom. The van der Waals surface area contributed by atoms with Gasteiger partial charge in [0.25, 0.3) is 0 Å². The Labute approximate surface area is 89.5 Å². The zero-order valence-electron chi connectivity index (χ0n) is 8.95. The van der Waals surface area contributed by atoms with E-state index in [1.54, 1.807) is 0 Å². The molecule has 1 fully saturated rings. The van der Waals surface area contributed by atoms with Gasteiger partial charge in [0, 0.05) is 18.8 Å². The smallest absolute Gasteiger partial charge is 0.243 e. The van der Waals surface area contributed by atoms with Gasteiger partial charge >= 0.3 is 0 Å². The first-order chi connectivity index (χ1) is 7.15. The lowest BCUT2D eigenvalue weighted by Crippen LogP contribution is -2.46. The maximum atomic E-state index is 11.5. The van der Waals surface area contributed by atoms with Gasteiger partial charge in [0.2, 0.25) is 12.3 Å². The van der Waals surface area contributed by atoms with Crippen LogP contribution in [-0.4, -0.2) is 30.3 Å². The molecule has 84 valence electrons. The van der Waals surface area contributed by atoms with Gasteiger partial charge in [0.1, 0.15) is 0 Å². The molecule has 2 amide bonds. The summed E-state index contributed by atoms with van der Waals surface area (Å²) in [7, 11) is 0. The first-order valence-corrected chi connectivity index (χ1v) is 5.04. The third kappa shape index (κ3) is 3.27. The van der Waals surface area contributed by atoms with Crippen molar-refractivity contribution in [2.24, 2.45) is 5.92 Å². The summed E-state index contributed by atoms with van der Waals surface area (Å²) in [5.41, 5.74) is 5.50. The van der Waals surface area contributed by atoms with Crippen LogP contribution in [0.2, 0.25) is 0 Å². The first kappa shape index (κ1) is 11.6. The number of hydrazine groups is 1. The molecule has 15 heavy (non-hydrogen) atoms. The van der Waals surface area contributed by atoms with E-state index in [0.29, 0.717) is 13.0 Å². The van der Waals surface area contributed by atoms with Crippen LogP contribution in [0.3, 0.4) is 0 Å². The van der Waals surface area contributed by atoms with Gasteiger partial charge in [-0.25, -0.2) is 0 Å². The summed E-state index contributed by atoms with van der Waals surface area (Å²) in [6, 6.07) is 0. The van der Waals surface area contributed by atoms with E-state index in [9.17, 15) is 9.59 Å². The predicted octanol–water partition coefficient (Wildman–Crippen LogP) is 0.00920. The van der Waals surface area contributed by atoms with Crippen molar-refractivity contribution in [3.8, 4) is 0 Å². The van der Waals surface area contributed by atoms with Gasteiger partial charge in [-0.3, -0.25) is 20.4 Å². The number of hydrogen-bond donors (Lipinski definition) is 2. The first-order valence-electron chi connectivity index (χ1n) is 5.04. The lowest BCUT2D eigenvalue weighted by Gasteiger charge is -2.33. The number of nitrogens with zero attached hydrogens (tertiary/aromatic N) is 1. The van der Waals surface area contributed by atoms with Crippen LogP contribution >= 0.6 is 0 Å². The molecule has 1 aliphatic heterocycles. The number of allylic oxidation sites excluding steroid dienone is 1. The normalized spacial score (nSPS) is 20.6. The van der Waals surface area contributed by atoms with E-state index in [-0.39, 0.29) is 11.8 Å². The second kappa shape index (κ2) is 5.38. The zero-order chi connectivity index (χ0) is 11.3. The fourth-order valence-electron chi connectivity index (χ4n) is 1.74. The Balaban J connectivity index is 2.44. The van der Waals surface area contributed by atoms with Crippen molar-refractivity contribution in [2.45, 2.75) is 19.8 Å². The molecule has 1 saturated heterocycles. The highest BCUT2D eigenvalue weighted by Crippen LogP contribution is 2.18. The molecular formula is C10H17N3O2. The molecule has 1 heterocycles. The average Bonchev–Trinajstić information content (AvgIpc) is 2.26. The number of rotatable bonds is 4. The lowest BCUT2D eigenvalue weighted by atomic mass is 9.97. The molecule has 0 aromatic heterocycles. The minimum atomic E-state index is -0.131. The molecule has 0 saturated carbocycles. The SMILES string of the molecule is C=C(C)N1CCCC(C(=O)NNC=O)C1. The van der Waals surface area contributed by atoms with Crippen LogP contribution in [0.25, 0.3) is 0 Å². The van der Waals surface area contributed by atoms with Gasteiger partial charge in [-0.2, -0.15) is 0 Å². The number of amides is 2. The Kier molecular flexibility index (Phi) is 4.15. The van der Waals surface area contributed by atoms with Crippen molar-refractivity contribution in [1.82, 2.24) is 15.8 Å². The largest absolute Gasteiger partial charge is 0.375 e. The number of hydrogen-bond acceptors (Lipinski definition) is 3. The van der Waals surface area contributed by atoms with Crippen LogP contribution in [0, 0.1) is 5.92 Å². The van der Waals surface area contributed by atoms with E-state index >= 15 is 0 Å². The maximum absolute atomic E-state index is 11.5. The summed E-state index contributed by atoms with van der Waals surface area (Å²) < 4.78 is 0. The third-order valence-corrected chi connectivity index (χ3v) is 2.59. The molecule has 0 aromatic rings. The number of piperidine rings is 1. The Morgan fingerprint density at radius 2 is 2.33 bits per heavy atom. The minimum Gasteiger partial charge on any atom is -0.375 e. The third-order valence-electron chi connectivity index (χ3n) is 2.59. The second-order valence-electron chi connectivity index (χ2n) is 3.77. The van der Waals surface area contributed by atoms with Gasteiger partial charge in [0.05, 0.1) is 5.92 Å². The van der Waals surface area contributed by atoms with Gasteiger partial charge in [-0.15, -0.1) is 0 Å². The molecule has 1 rings (SSSR count). The summed E-state index contributed by atoms with van der Waals surface area (Å²) in [6.07, 6.45) is 2.29. The van der Waals surface area contributed by atoms with Crippen LogP contribution < -0.4 is 10.9 Å². The van der Waals surface area contributed by atoms with Crippen molar-refractivity contribution in [3.63, 3.8) is 0 Å². The van der Waals surface area contributed by atoms with Gasteiger partial charge < -0.3 is 4.90 Å². The van der Waals surface area contributed by atoms with E-state index in [2.05, 4.69) is 22.3 Å². The lowest BCUT2D eigenvalue weighted by molar-refractivity contribution is -0.129. The second-order valence-corrected chi connectivity index (χ2v) is 3.77. The molecule has 1 atom stereocenters. The molecular weight excluding hydrogens is 194 g/mol. The average molecular weight is 211 g/mol. The Morgan fingerprint density at radius 3 is 2.93 bits per heavy atom. The van der Waals surface area contributed by atoms with Crippen LogP contribution in [-0.2, 0) is 9.59 Å². The van der Waals surface area contributed by atoms with E-state index in [1.165, 1.54) is 0 Å². The Hall–Kier alpha value is -1.52. The summed E-state index contributed by atoms with van der Waals surface area (Å²) in [5, 5.41) is 0. The molecule has 0 aliphatic carbocycles. The van der Waals surface area contributed by atoms with Crippen molar-refractivity contribution in [1.29, 1.82) is 0 Å². The molecule has 0 aromatic carbocycles. The molecule has 2 N–H and O–H groups in total. The molecule has 0 radical (unpaired) electrons. The van der Waals surface area contributed by atoms with E-state index in [0.717, 1.165) is 25.1 Å². The van der Waals surface area contributed by atoms with E-state index in [4.69, 9.17) is 0 Å². The van der Waals surface area contributed by atoms with Crippen LogP contribution in [0.5, 0.6) is 0 Å². The van der Waals surface area contributed by atoms with Crippen molar-refractivity contribution < 1.29 is 9.59 Å². The standard InChI is InChI=1S/C10H17N3O2/c1-8(2)13-5-3-4-9(6-13)10(15)12-11-7-14/h7,9H,1,3-6H2,2H3,(H,11,14)(H,12,15). The molecule has 1 unspecified atom stereocenters. The predicted molar refractivity (Wildman–Crippen MR) is 56.5 cm³/mol. The highest BCUT2D eigenvalue weighted by Gasteiger charge is 2.25. The van der Waals surface area contributed by atoms with Crippen molar-refractivity contribution in [3.05, 3.63) is 12.3 Å². The number of carbonyl (C=O) groups excluding carboxylic acids is 2. The fourth-order valence-corrected chi connectivity index (χ4v) is 1.74. The minimum absolute atomic E-state index is 0.0668. The summed E-state index contributed by atoms with van der Waals surface area (Å²) in [4.78, 5) is 23.6. The summed E-state index contributed by atoms with van der Waals surface area (Å²) >= 11 is 0. The number of carbonyl (C=O) groups is 2. The topological polar surface area (TPSA) is 61.4 Å². The summed E-state index contributed by atoms with van der Waals surface area (Å²) in [5.74, 6) is -0.198. The van der Waals surface area contributed by atoms with Gasteiger partial charge in [-0.05, 0) is 19.8 Å². The van der Waals surface area contributed by atoms with E-state index < -0.39 is 0 Å². The number of likely N-dealkylation sites (tertiary alicyclic amines) is 1. The fraction of sp³-hybridized carbons (Fsp3) is 0.600. The maximum Gasteiger partial charge on any atom is 0.243 e. The van der Waals surface area contributed by atoms with Gasteiger partial charge in [-0.1, -0.05) is 6.58 Å². The zero-order valence-corrected chi connectivity index (χ0v) is 8.95. The monoisotopic (exact) mass is 211 g/mol. The number of nitrogens with one attached hydrogen (secondary N) is 2. The van der Waals surface area contributed by atoms with Gasteiger partial charge in [0.15, 0.2) is 0 Å².